The van der Waals surface area contributed by atoms with Crippen molar-refractivity contribution in [2.45, 2.75) is 149 Å². The maximum atomic E-state index is 14.6. The molecule has 1 aliphatic carbocycles. The highest BCUT2D eigenvalue weighted by Gasteiger charge is 2.58. The van der Waals surface area contributed by atoms with Crippen LogP contribution in [0.2, 0.25) is 0 Å². The summed E-state index contributed by atoms with van der Waals surface area (Å²) in [6.07, 6.45) is 5.81. The van der Waals surface area contributed by atoms with Crippen LogP contribution >= 0.6 is 0 Å². The normalized spacial score (nSPS) is 18.2. The summed E-state index contributed by atoms with van der Waals surface area (Å²) in [6.45, 7) is 10.2. The van der Waals surface area contributed by atoms with Gasteiger partial charge in [0.25, 0.3) is 11.8 Å². The molecule has 7 aromatic rings. The molecule has 23 nitrogen and oxygen atoms in total. The van der Waals surface area contributed by atoms with Crippen molar-refractivity contribution < 1.29 is 67.1 Å². The van der Waals surface area contributed by atoms with Crippen LogP contribution in [0.1, 0.15) is 147 Å². The summed E-state index contributed by atoms with van der Waals surface area (Å²) in [5, 5.41) is 24.2. The lowest BCUT2D eigenvalue weighted by Crippen LogP contribution is -2.50. The molecule has 2 N–H and O–H groups in total. The lowest BCUT2D eigenvalue weighted by atomic mass is 9.88. The van der Waals surface area contributed by atoms with E-state index in [1.54, 1.807) is 60.4 Å². The summed E-state index contributed by atoms with van der Waals surface area (Å²) in [4.78, 5) is 109. The molecule has 1 saturated heterocycles. The second kappa shape index (κ2) is 29.0. The zero-order chi connectivity index (χ0) is 71.0. The maximum absolute atomic E-state index is 14.6. The summed E-state index contributed by atoms with van der Waals surface area (Å²) in [5.41, 5.74) is 9.50. The summed E-state index contributed by atoms with van der Waals surface area (Å²) in [6, 6.07) is 31.2. The van der Waals surface area contributed by atoms with Gasteiger partial charge >= 0.3 is 6.09 Å². The predicted octanol–water partition coefficient (Wildman–Crippen LogP) is 11.3. The molecule has 2 fully saturated rings. The van der Waals surface area contributed by atoms with Crippen molar-refractivity contribution in [2.75, 3.05) is 50.9 Å². The summed E-state index contributed by atoms with van der Waals surface area (Å²) >= 11 is 0. The van der Waals surface area contributed by atoms with Crippen LogP contribution in [0.3, 0.4) is 0 Å². The highest BCUT2D eigenvalue weighted by molar-refractivity contribution is 6.07. The minimum atomic E-state index is -1.47. The van der Waals surface area contributed by atoms with Crippen molar-refractivity contribution in [3.63, 3.8) is 0 Å². The smallest absolute Gasteiger partial charge is 0.416 e. The number of aliphatic hydroxyl groups is 1. The van der Waals surface area contributed by atoms with Crippen molar-refractivity contribution in [2.24, 2.45) is 17.3 Å². The quantitative estimate of drug-likeness (QED) is 0.0533. The number of Topliss-reactive ketones (excluding diaryl/α,β-unsaturated/α-hetero) is 2. The number of ketones is 2. The van der Waals surface area contributed by atoms with Gasteiger partial charge in [0.15, 0.2) is 35.0 Å². The highest BCUT2D eigenvalue weighted by Crippen LogP contribution is 2.57. The average molecular weight is 1370 g/mol. The number of ether oxygens (including phenoxy) is 6. The van der Waals surface area contributed by atoms with Gasteiger partial charge in [0.2, 0.25) is 17.7 Å². The number of aryl methyl sites for hydroxylation is 1. The lowest BCUT2D eigenvalue weighted by Gasteiger charge is -2.31. The molecule has 5 atom stereocenters. The molecule has 13 rings (SSSR count). The van der Waals surface area contributed by atoms with Crippen LogP contribution in [0.15, 0.2) is 122 Å². The Morgan fingerprint density at radius 1 is 0.733 bits per heavy atom. The van der Waals surface area contributed by atoms with Crippen molar-refractivity contribution in [1.82, 2.24) is 35.1 Å². The Balaban J connectivity index is 0.612. The average Bonchev–Trinajstić information content (AvgIpc) is 1.57. The number of carbonyl (C=O) groups excluding carboxylic acids is 7. The van der Waals surface area contributed by atoms with E-state index in [0.717, 1.165) is 63.2 Å². The van der Waals surface area contributed by atoms with Gasteiger partial charge in [-0.25, -0.2) is 19.4 Å². The van der Waals surface area contributed by atoms with Gasteiger partial charge in [0.05, 0.1) is 75.8 Å². The Morgan fingerprint density at radius 3 is 2.13 bits per heavy atom. The van der Waals surface area contributed by atoms with Crippen molar-refractivity contribution >= 4 is 58.2 Å². The molecule has 1 unspecified atom stereocenters. The van der Waals surface area contributed by atoms with E-state index < -0.39 is 36.2 Å². The van der Waals surface area contributed by atoms with E-state index in [9.17, 15) is 38.7 Å². The minimum Gasteiger partial charge on any atom is -0.493 e. The predicted molar refractivity (Wildman–Crippen MR) is 375 cm³/mol. The number of nitrogens with zero attached hydrogens (tertiary/aromatic N) is 8. The van der Waals surface area contributed by atoms with E-state index in [2.05, 4.69) is 20.6 Å². The van der Waals surface area contributed by atoms with Crippen LogP contribution in [-0.4, -0.2) is 142 Å². The van der Waals surface area contributed by atoms with Gasteiger partial charge in [-0.05, 0) is 134 Å². The summed E-state index contributed by atoms with van der Waals surface area (Å²) in [5.74, 6) is -0.795. The standard InChI is InChI=1S/C78H85N9O14/c1-45(2)58(35-55(88)25-27-70(90)84-41-52-14-9-10-15-56(52)72-71(81-82-87(72)46(3)4)57-16-11-12-17-61(57)84)73(91)80-47(5)64(89)32-48-18-20-49(21-19-48)43-101-77(95)86-62-38-68(66(97-7)37-60(62)75(93)85-44-78(28-29-78)39-63(85)76(86)94)100-31-13-30-99-67-34-50-22-24-54-33-53(51-23-26-69(98-8)79-40-51)42-83(54)74(92)59(50)36-65(67)96-6/h9-12,14-21,23,26,34,36-38,40,42,45-47,54,58,63,76,94H,13,22,24-25,27-33,35,39,41,43-44H2,1-8H3,(H,80,91)/t47-,54+,58-,63-,76?/m0/s1. The van der Waals surface area contributed by atoms with E-state index >= 15 is 0 Å². The van der Waals surface area contributed by atoms with Crippen LogP contribution in [0.5, 0.6) is 28.9 Å². The van der Waals surface area contributed by atoms with Gasteiger partial charge < -0.3 is 53.5 Å². The number of carbonyl (C=O) groups is 7. The molecule has 2 aromatic heterocycles. The molecule has 5 aliphatic heterocycles. The molecule has 23 heteroatoms. The van der Waals surface area contributed by atoms with Gasteiger partial charge in [-0.1, -0.05) is 85.8 Å². The number of pyridine rings is 1. The van der Waals surface area contributed by atoms with Gasteiger partial charge in [0, 0.05) is 97.9 Å². The van der Waals surface area contributed by atoms with Gasteiger partial charge in [-0.15, -0.1) is 5.10 Å². The molecule has 0 radical (unpaired) electrons. The second-order valence-corrected chi connectivity index (χ2v) is 27.9. The fourth-order valence-electron chi connectivity index (χ4n) is 14.6. The number of amides is 5. The van der Waals surface area contributed by atoms with Crippen LogP contribution in [0, 0.1) is 17.3 Å². The largest absolute Gasteiger partial charge is 0.493 e. The molecule has 7 heterocycles. The molecule has 6 aliphatic rings. The summed E-state index contributed by atoms with van der Waals surface area (Å²) < 4.78 is 37.2. The van der Waals surface area contributed by atoms with Crippen LogP contribution in [-0.2, 0) is 49.9 Å². The number of para-hydroxylation sites is 1. The maximum Gasteiger partial charge on any atom is 0.416 e. The van der Waals surface area contributed by atoms with Crippen LogP contribution in [0.25, 0.3) is 28.1 Å². The highest BCUT2D eigenvalue weighted by atomic mass is 16.6. The van der Waals surface area contributed by atoms with Gasteiger partial charge in [0.1, 0.15) is 18.1 Å². The van der Waals surface area contributed by atoms with E-state index in [0.29, 0.717) is 77.7 Å². The number of aromatic nitrogens is 4. The van der Waals surface area contributed by atoms with E-state index in [1.807, 2.05) is 110 Å². The molecule has 101 heavy (non-hydrogen) atoms. The summed E-state index contributed by atoms with van der Waals surface area (Å²) in [7, 11) is 4.56. The number of nitrogens with one attached hydrogen (secondary N) is 1. The number of anilines is 2. The van der Waals surface area contributed by atoms with Crippen LogP contribution < -0.4 is 38.8 Å². The molecule has 5 amide bonds. The zero-order valence-electron chi connectivity index (χ0n) is 58.2. The Morgan fingerprint density at radius 2 is 1.44 bits per heavy atom. The minimum absolute atomic E-state index is 0.0150. The third kappa shape index (κ3) is 14.1. The fraction of sp³-hybridized carbons (Fsp3) is 0.410. The molecule has 5 aromatic carbocycles. The monoisotopic (exact) mass is 1370 g/mol. The number of fused-ring (bicyclic) bond motifs is 9. The van der Waals surface area contributed by atoms with E-state index in [4.69, 9.17) is 28.4 Å². The first-order chi connectivity index (χ1) is 48.7. The number of hydrogen-bond acceptors (Lipinski definition) is 17. The Labute approximate surface area is 586 Å². The molecule has 526 valence electrons. The molecular weight excluding hydrogens is 1290 g/mol. The van der Waals surface area contributed by atoms with Gasteiger partial charge in [-0.2, -0.15) is 0 Å². The van der Waals surface area contributed by atoms with E-state index in [1.165, 1.54) is 26.4 Å². The first-order valence-electron chi connectivity index (χ1n) is 34.8. The molecular formula is C78H85N9O14. The fourth-order valence-corrected chi connectivity index (χ4v) is 14.6. The Hall–Kier alpha value is -10.4. The number of benzene rings is 5. The lowest BCUT2D eigenvalue weighted by molar-refractivity contribution is -0.133. The second-order valence-electron chi connectivity index (χ2n) is 27.9. The van der Waals surface area contributed by atoms with Crippen molar-refractivity contribution in [3.05, 3.63) is 161 Å². The third-order valence-corrected chi connectivity index (χ3v) is 20.6. The molecule has 0 bridgehead atoms. The SMILES string of the molecule is COc1ccc(C2=CN3C(=O)c4cc(OC)c(OCCCOc5cc6c(cc5OC)C(=O)N5CC7(CC7)C[C@H]5C(O)N6C(=O)OCc5ccc(CC(=O)[C@H](C)NC(=O)[C@@H](CC(=O)CCC(=O)N6Cc7ccccc7-c7c(nnn7C(C)C)-c7ccccc76)C(C)C)cc5)cc4CC[C@@H]3C2)cn1. The number of methoxy groups -OCH3 is 3. The Bertz CT molecular complexity index is 4390. The van der Waals surface area contributed by atoms with Gasteiger partial charge in [-0.3, -0.25) is 28.8 Å². The Kier molecular flexibility index (Phi) is 19.9. The first-order valence-corrected chi connectivity index (χ1v) is 34.8. The molecule has 1 saturated carbocycles. The van der Waals surface area contributed by atoms with Crippen LogP contribution in [0.4, 0.5) is 16.2 Å². The zero-order valence-corrected chi connectivity index (χ0v) is 58.2. The van der Waals surface area contributed by atoms with E-state index in [-0.39, 0.29) is 128 Å². The number of rotatable bonds is 24. The molecule has 1 spiro atoms. The first kappa shape index (κ1) is 69.1. The van der Waals surface area contributed by atoms with Crippen molar-refractivity contribution in [1.29, 1.82) is 0 Å². The number of aliphatic hydroxyl groups excluding tert-OH is 1. The third-order valence-electron chi connectivity index (χ3n) is 20.6. The topological polar surface area (TPSA) is 264 Å². The number of hydrogen-bond donors (Lipinski definition) is 2. The van der Waals surface area contributed by atoms with Crippen molar-refractivity contribution in [3.8, 4) is 51.4 Å².